The van der Waals surface area contributed by atoms with Gasteiger partial charge in [0.2, 0.25) is 0 Å². The predicted molar refractivity (Wildman–Crippen MR) is 82.3 cm³/mol. The quantitative estimate of drug-likeness (QED) is 0.936. The molecule has 3 rings (SSSR count). The number of fused-ring (bicyclic) bond motifs is 1. The van der Waals surface area contributed by atoms with E-state index < -0.39 is 5.97 Å². The number of carbonyl (C=O) groups is 1. The van der Waals surface area contributed by atoms with E-state index in [1.807, 2.05) is 12.1 Å². The van der Waals surface area contributed by atoms with E-state index in [4.69, 9.17) is 4.74 Å². The largest absolute Gasteiger partial charge is 0.493 e. The first kappa shape index (κ1) is 14.1. The molecule has 0 spiro atoms. The molecule has 1 aliphatic heterocycles. The number of carboxylic acid groups (broad SMARTS) is 1. The molecule has 21 heavy (non-hydrogen) atoms. The third-order valence-corrected chi connectivity index (χ3v) is 4.56. The van der Waals surface area contributed by atoms with Crippen LogP contribution < -0.4 is 4.74 Å². The molecule has 1 aliphatic rings. The molecule has 2 aromatic rings. The number of rotatable bonds is 4. The Morgan fingerprint density at radius 1 is 1.48 bits per heavy atom. The first-order valence-electron chi connectivity index (χ1n) is 7.03. The Morgan fingerprint density at radius 3 is 3.00 bits per heavy atom. The molecule has 5 heteroatoms. The molecule has 0 saturated carbocycles. The van der Waals surface area contributed by atoms with Gasteiger partial charge < -0.3 is 9.84 Å². The van der Waals surface area contributed by atoms with E-state index in [9.17, 15) is 9.90 Å². The van der Waals surface area contributed by atoms with Crippen LogP contribution in [0.1, 0.15) is 34.8 Å². The van der Waals surface area contributed by atoms with Gasteiger partial charge >= 0.3 is 5.97 Å². The van der Waals surface area contributed by atoms with E-state index in [0.29, 0.717) is 22.9 Å². The summed E-state index contributed by atoms with van der Waals surface area (Å²) < 4.78 is 5.50. The molecule has 0 unspecified atom stereocenters. The second-order valence-corrected chi connectivity index (χ2v) is 6.62. The third-order valence-electron chi connectivity index (χ3n) is 3.43. The van der Waals surface area contributed by atoms with Gasteiger partial charge in [0.15, 0.2) is 0 Å². The summed E-state index contributed by atoms with van der Waals surface area (Å²) in [4.78, 5) is 16.3. The maximum atomic E-state index is 11.4. The van der Waals surface area contributed by atoms with Gasteiger partial charge in [-0.2, -0.15) is 0 Å². The zero-order valence-electron chi connectivity index (χ0n) is 12.0. The summed E-state index contributed by atoms with van der Waals surface area (Å²) in [6.45, 7) is 4.85. The molecule has 0 amide bonds. The number of aromatic nitrogens is 1. The molecule has 1 aromatic carbocycles. The van der Waals surface area contributed by atoms with Crippen LogP contribution in [0.4, 0.5) is 0 Å². The van der Waals surface area contributed by atoms with Gasteiger partial charge in [0.05, 0.1) is 12.3 Å². The van der Waals surface area contributed by atoms with Gasteiger partial charge in [0.1, 0.15) is 15.6 Å². The second-order valence-electron chi connectivity index (χ2n) is 5.62. The van der Waals surface area contributed by atoms with Crippen LogP contribution in [0, 0.1) is 5.92 Å². The molecule has 1 aromatic heterocycles. The topological polar surface area (TPSA) is 59.4 Å². The normalized spacial score (nSPS) is 13.3. The molecule has 1 N–H and O–H groups in total. The van der Waals surface area contributed by atoms with Gasteiger partial charge in [-0.25, -0.2) is 9.78 Å². The molecule has 0 radical (unpaired) electrons. The molecular weight excluding hydrogens is 286 g/mol. The van der Waals surface area contributed by atoms with Crippen LogP contribution in [0.15, 0.2) is 18.2 Å². The van der Waals surface area contributed by atoms with Crippen molar-refractivity contribution in [2.75, 3.05) is 6.61 Å². The van der Waals surface area contributed by atoms with Crippen molar-refractivity contribution < 1.29 is 14.6 Å². The fourth-order valence-electron chi connectivity index (χ4n) is 2.49. The number of thiazole rings is 1. The van der Waals surface area contributed by atoms with Gasteiger partial charge in [0.25, 0.3) is 0 Å². The van der Waals surface area contributed by atoms with Gasteiger partial charge in [-0.05, 0) is 36.1 Å². The maximum Gasteiger partial charge on any atom is 0.347 e. The summed E-state index contributed by atoms with van der Waals surface area (Å²) in [6.07, 6.45) is 1.59. The number of hydrogen-bond acceptors (Lipinski definition) is 4. The lowest BCUT2D eigenvalue weighted by molar-refractivity contribution is 0.0700. The van der Waals surface area contributed by atoms with Crippen molar-refractivity contribution in [3.8, 4) is 16.3 Å². The Morgan fingerprint density at radius 2 is 2.29 bits per heavy atom. The summed E-state index contributed by atoms with van der Waals surface area (Å²) >= 11 is 1.26. The predicted octanol–water partition coefficient (Wildman–Crippen LogP) is 3.64. The van der Waals surface area contributed by atoms with Crippen LogP contribution in [0.5, 0.6) is 5.75 Å². The lowest BCUT2D eigenvalue weighted by atomic mass is 10.1. The standard InChI is InChI=1S/C16H17NO3S/c1-9(2)7-12-14(16(18)19)21-15(17-12)11-3-4-13-10(8-11)5-6-20-13/h3-4,8-9H,5-7H2,1-2H3,(H,18,19). The molecule has 0 atom stereocenters. The second kappa shape index (κ2) is 5.48. The van der Waals surface area contributed by atoms with Crippen LogP contribution in [-0.4, -0.2) is 22.7 Å². The smallest absolute Gasteiger partial charge is 0.347 e. The molecule has 0 bridgehead atoms. The van der Waals surface area contributed by atoms with Gasteiger partial charge in [0, 0.05) is 12.0 Å². The Balaban J connectivity index is 2.00. The van der Waals surface area contributed by atoms with Crippen molar-refractivity contribution in [3.63, 3.8) is 0 Å². The highest BCUT2D eigenvalue weighted by Gasteiger charge is 2.20. The first-order chi connectivity index (χ1) is 10.0. The molecule has 0 fully saturated rings. The number of nitrogens with zero attached hydrogens (tertiary/aromatic N) is 1. The highest BCUT2D eigenvalue weighted by atomic mass is 32.1. The summed E-state index contributed by atoms with van der Waals surface area (Å²) in [5.41, 5.74) is 2.83. The molecule has 0 aliphatic carbocycles. The fourth-order valence-corrected chi connectivity index (χ4v) is 3.42. The minimum Gasteiger partial charge on any atom is -0.493 e. The summed E-state index contributed by atoms with van der Waals surface area (Å²) in [5, 5.41) is 10.1. The van der Waals surface area contributed by atoms with Crippen LogP contribution in [0.2, 0.25) is 0 Å². The van der Waals surface area contributed by atoms with E-state index in [2.05, 4.69) is 24.9 Å². The van der Waals surface area contributed by atoms with Gasteiger partial charge in [-0.15, -0.1) is 11.3 Å². The van der Waals surface area contributed by atoms with E-state index in [-0.39, 0.29) is 0 Å². The summed E-state index contributed by atoms with van der Waals surface area (Å²) in [5.74, 6) is 0.418. The molecule has 110 valence electrons. The zero-order valence-corrected chi connectivity index (χ0v) is 12.9. The average molecular weight is 303 g/mol. The summed E-state index contributed by atoms with van der Waals surface area (Å²) in [6, 6.07) is 5.96. The van der Waals surface area contributed by atoms with E-state index in [1.165, 1.54) is 16.9 Å². The van der Waals surface area contributed by atoms with E-state index >= 15 is 0 Å². The van der Waals surface area contributed by atoms with Gasteiger partial charge in [-0.1, -0.05) is 13.8 Å². The van der Waals surface area contributed by atoms with Crippen LogP contribution in [-0.2, 0) is 12.8 Å². The van der Waals surface area contributed by atoms with E-state index in [1.54, 1.807) is 0 Å². The van der Waals surface area contributed by atoms with Crippen molar-refractivity contribution in [1.29, 1.82) is 0 Å². The first-order valence-corrected chi connectivity index (χ1v) is 7.85. The SMILES string of the molecule is CC(C)Cc1nc(-c2ccc3c(c2)CCO3)sc1C(=O)O. The van der Waals surface area contributed by atoms with Crippen molar-refractivity contribution in [2.45, 2.75) is 26.7 Å². The zero-order chi connectivity index (χ0) is 15.0. The minimum atomic E-state index is -0.890. The number of aromatic carboxylic acids is 1. The van der Waals surface area contributed by atoms with Crippen molar-refractivity contribution in [1.82, 2.24) is 4.98 Å². The Hall–Kier alpha value is -1.88. The van der Waals surface area contributed by atoms with Crippen molar-refractivity contribution in [2.24, 2.45) is 5.92 Å². The average Bonchev–Trinajstić information content (AvgIpc) is 3.03. The number of ether oxygens (including phenoxy) is 1. The van der Waals surface area contributed by atoms with Crippen molar-refractivity contribution in [3.05, 3.63) is 34.3 Å². The van der Waals surface area contributed by atoms with Crippen LogP contribution in [0.3, 0.4) is 0 Å². The van der Waals surface area contributed by atoms with Crippen LogP contribution in [0.25, 0.3) is 10.6 Å². The number of hydrogen-bond donors (Lipinski definition) is 1. The monoisotopic (exact) mass is 303 g/mol. The Bertz CT molecular complexity index is 691. The lowest BCUT2D eigenvalue weighted by Gasteiger charge is -2.02. The van der Waals surface area contributed by atoms with Crippen LogP contribution >= 0.6 is 11.3 Å². The van der Waals surface area contributed by atoms with Crippen molar-refractivity contribution >= 4 is 17.3 Å². The molecular formula is C16H17NO3S. The number of benzene rings is 1. The highest BCUT2D eigenvalue weighted by Crippen LogP contribution is 2.34. The summed E-state index contributed by atoms with van der Waals surface area (Å²) in [7, 11) is 0. The van der Waals surface area contributed by atoms with E-state index in [0.717, 1.165) is 29.3 Å². The highest BCUT2D eigenvalue weighted by molar-refractivity contribution is 7.17. The minimum absolute atomic E-state index is 0.357. The molecule has 0 saturated heterocycles. The maximum absolute atomic E-state index is 11.4. The third kappa shape index (κ3) is 2.78. The lowest BCUT2D eigenvalue weighted by Crippen LogP contribution is -2.02. The number of carboxylic acids is 1. The fraction of sp³-hybridized carbons (Fsp3) is 0.375. The Kier molecular flexibility index (Phi) is 3.68. The molecule has 4 nitrogen and oxygen atoms in total. The molecule has 2 heterocycles. The van der Waals surface area contributed by atoms with Gasteiger partial charge in [-0.3, -0.25) is 0 Å². The Labute approximate surface area is 127 Å².